The summed E-state index contributed by atoms with van der Waals surface area (Å²) in [7, 11) is -1.94. The van der Waals surface area contributed by atoms with Crippen molar-refractivity contribution in [1.82, 2.24) is 0 Å². The highest BCUT2D eigenvalue weighted by Gasteiger charge is 2.78. The number of fused-ring (bicyclic) bond motifs is 2. The summed E-state index contributed by atoms with van der Waals surface area (Å²) >= 11 is 0. The van der Waals surface area contributed by atoms with Gasteiger partial charge in [0.15, 0.2) is 5.60 Å². The number of rotatable bonds is 2. The van der Waals surface area contributed by atoms with Crippen LogP contribution in [0.25, 0.3) is 0 Å². The highest BCUT2D eigenvalue weighted by molar-refractivity contribution is 6.74. The molecule has 6 aliphatic rings. The molecule has 2 heterocycles. The van der Waals surface area contributed by atoms with Gasteiger partial charge in [-0.3, -0.25) is 0 Å². The average molecular weight is 457 g/mol. The van der Waals surface area contributed by atoms with Crippen molar-refractivity contribution in [2.24, 2.45) is 23.7 Å². The van der Waals surface area contributed by atoms with Gasteiger partial charge in [0.1, 0.15) is 5.75 Å². The Morgan fingerprint density at radius 3 is 2.09 bits per heavy atom. The molecular formula is C27H40O4Si. The summed E-state index contributed by atoms with van der Waals surface area (Å²) in [4.78, 5) is 12.5. The fourth-order valence-corrected chi connectivity index (χ4v) is 8.61. The van der Waals surface area contributed by atoms with Gasteiger partial charge in [0.25, 0.3) is 5.79 Å². The Balaban J connectivity index is 1.45. The zero-order valence-electron chi connectivity index (χ0n) is 20.9. The maximum absolute atomic E-state index is 6.96. The first-order chi connectivity index (χ1) is 14.9. The highest BCUT2D eigenvalue weighted by Crippen LogP contribution is 2.71. The molecule has 1 aromatic carbocycles. The van der Waals surface area contributed by atoms with Crippen LogP contribution in [0.4, 0.5) is 0 Å². The minimum Gasteiger partial charge on any atom is -0.543 e. The van der Waals surface area contributed by atoms with Crippen molar-refractivity contribution in [3.05, 3.63) is 29.3 Å². The van der Waals surface area contributed by atoms with Crippen molar-refractivity contribution in [1.29, 1.82) is 0 Å². The first kappa shape index (κ1) is 21.6. The van der Waals surface area contributed by atoms with Gasteiger partial charge in [0.05, 0.1) is 5.60 Å². The maximum atomic E-state index is 6.96. The van der Waals surface area contributed by atoms with Crippen LogP contribution in [0, 0.1) is 23.7 Å². The van der Waals surface area contributed by atoms with Crippen molar-refractivity contribution in [2.75, 3.05) is 0 Å². The van der Waals surface area contributed by atoms with Gasteiger partial charge in [0.2, 0.25) is 8.32 Å². The van der Waals surface area contributed by atoms with E-state index in [1.807, 2.05) is 0 Å². The topological polar surface area (TPSA) is 36.9 Å². The van der Waals surface area contributed by atoms with Gasteiger partial charge in [-0.1, -0.05) is 26.8 Å². The SMILES string of the molecule is CC1(C)Cc2ccc(O[Si](C)(C)C(C)(C)C)cc2C2(OOC23C2CC4CC(C2)CC3C4)O1. The van der Waals surface area contributed by atoms with E-state index >= 15 is 0 Å². The molecule has 2 spiro atoms. The molecule has 2 aliphatic heterocycles. The lowest BCUT2D eigenvalue weighted by Crippen LogP contribution is -2.78. The van der Waals surface area contributed by atoms with Gasteiger partial charge in [-0.05, 0) is 105 Å². The largest absolute Gasteiger partial charge is 0.543 e. The van der Waals surface area contributed by atoms with Crippen LogP contribution in [0.15, 0.2) is 18.2 Å². The summed E-state index contributed by atoms with van der Waals surface area (Å²) in [6.07, 6.45) is 7.35. The number of ether oxygens (including phenoxy) is 1. The summed E-state index contributed by atoms with van der Waals surface area (Å²) < 4.78 is 13.7. The van der Waals surface area contributed by atoms with E-state index in [1.54, 1.807) is 0 Å². The quantitative estimate of drug-likeness (QED) is 0.365. The standard InChI is InChI=1S/C27H40O4Si/c1-24(2,3)32(6,7)28-22-9-8-19-16-25(4,5)29-27(23(19)15-22)26(30-31-27)20-11-17-10-18(13-20)14-21(26)12-17/h8-9,15,17-18,20-21H,10-14,16H2,1-7H3. The molecular weight excluding hydrogens is 416 g/mol. The Hall–Kier alpha value is -0.883. The summed E-state index contributed by atoms with van der Waals surface area (Å²) in [5.41, 5.74) is 1.84. The van der Waals surface area contributed by atoms with Crippen LogP contribution in [-0.4, -0.2) is 19.5 Å². The monoisotopic (exact) mass is 456 g/mol. The molecule has 32 heavy (non-hydrogen) atoms. The van der Waals surface area contributed by atoms with E-state index in [4.69, 9.17) is 18.9 Å². The summed E-state index contributed by atoms with van der Waals surface area (Å²) in [5, 5.41) is 0.151. The van der Waals surface area contributed by atoms with Crippen LogP contribution < -0.4 is 4.43 Å². The normalized spacial score (nSPS) is 41.6. The number of benzene rings is 1. The number of hydrogen-bond donors (Lipinski definition) is 0. The fraction of sp³-hybridized carbons (Fsp3) is 0.778. The predicted octanol–water partition coefficient (Wildman–Crippen LogP) is 6.73. The molecule has 4 nitrogen and oxygen atoms in total. The third kappa shape index (κ3) is 2.77. The Kier molecular flexibility index (Phi) is 4.33. The zero-order chi connectivity index (χ0) is 22.7. The molecule has 1 saturated heterocycles. The summed E-state index contributed by atoms with van der Waals surface area (Å²) in [5.74, 6) is 2.94. The average Bonchev–Trinajstić information content (AvgIpc) is 2.64. The maximum Gasteiger partial charge on any atom is 0.261 e. The lowest BCUT2D eigenvalue weighted by Gasteiger charge is -2.70. The van der Waals surface area contributed by atoms with Gasteiger partial charge in [0, 0.05) is 12.0 Å². The smallest absolute Gasteiger partial charge is 0.261 e. The minimum atomic E-state index is -1.94. The molecule has 1 unspecified atom stereocenters. The van der Waals surface area contributed by atoms with Crippen LogP contribution in [0.2, 0.25) is 18.1 Å². The van der Waals surface area contributed by atoms with Crippen molar-refractivity contribution >= 4 is 8.32 Å². The van der Waals surface area contributed by atoms with Crippen LogP contribution in [-0.2, 0) is 26.7 Å². The van der Waals surface area contributed by atoms with Gasteiger partial charge in [-0.25, -0.2) is 4.89 Å². The van der Waals surface area contributed by atoms with Crippen LogP contribution in [0.3, 0.4) is 0 Å². The van der Waals surface area contributed by atoms with E-state index in [9.17, 15) is 0 Å². The third-order valence-corrected chi connectivity index (χ3v) is 14.2. The van der Waals surface area contributed by atoms with Gasteiger partial charge >= 0.3 is 0 Å². The second kappa shape index (κ2) is 6.41. The van der Waals surface area contributed by atoms with Crippen molar-refractivity contribution in [3.8, 4) is 5.75 Å². The number of hydrogen-bond acceptors (Lipinski definition) is 4. The molecule has 176 valence electrons. The minimum absolute atomic E-state index is 0.151. The van der Waals surface area contributed by atoms with E-state index in [0.717, 1.165) is 29.6 Å². The second-order valence-electron chi connectivity index (χ2n) is 13.6. The Morgan fingerprint density at radius 2 is 1.56 bits per heavy atom. The molecule has 0 aromatic heterocycles. The Labute approximate surface area is 194 Å². The van der Waals surface area contributed by atoms with E-state index in [2.05, 4.69) is 65.9 Å². The third-order valence-electron chi connectivity index (χ3n) is 9.81. The lowest BCUT2D eigenvalue weighted by molar-refractivity contribution is -0.657. The predicted molar refractivity (Wildman–Crippen MR) is 127 cm³/mol. The first-order valence-corrected chi connectivity index (χ1v) is 15.7. The van der Waals surface area contributed by atoms with Crippen LogP contribution >= 0.6 is 0 Å². The van der Waals surface area contributed by atoms with E-state index in [1.165, 1.54) is 37.7 Å². The second-order valence-corrected chi connectivity index (χ2v) is 18.3. The Bertz CT molecular complexity index is 917. The summed E-state index contributed by atoms with van der Waals surface area (Å²) in [6.45, 7) is 15.9. The Morgan fingerprint density at radius 1 is 0.938 bits per heavy atom. The van der Waals surface area contributed by atoms with E-state index < -0.39 is 14.1 Å². The van der Waals surface area contributed by atoms with Crippen LogP contribution in [0.1, 0.15) is 77.8 Å². The molecule has 1 aromatic rings. The van der Waals surface area contributed by atoms with E-state index in [-0.39, 0.29) is 16.2 Å². The van der Waals surface area contributed by atoms with Crippen LogP contribution in [0.5, 0.6) is 5.75 Å². The van der Waals surface area contributed by atoms with Gasteiger partial charge in [-0.2, -0.15) is 4.89 Å². The lowest BCUT2D eigenvalue weighted by atomic mass is 9.46. The first-order valence-electron chi connectivity index (χ1n) is 12.7. The summed E-state index contributed by atoms with van der Waals surface area (Å²) in [6, 6.07) is 6.66. The molecule has 7 rings (SSSR count). The molecule has 5 heteroatoms. The molecule has 0 N–H and O–H groups in total. The molecule has 0 radical (unpaired) electrons. The van der Waals surface area contributed by atoms with Crippen molar-refractivity contribution in [2.45, 2.75) is 108 Å². The fourth-order valence-electron chi connectivity index (χ4n) is 7.59. The highest BCUT2D eigenvalue weighted by atomic mass is 28.4. The molecule has 4 bridgehead atoms. The molecule has 4 aliphatic carbocycles. The van der Waals surface area contributed by atoms with Gasteiger partial charge < -0.3 is 9.16 Å². The molecule has 4 saturated carbocycles. The van der Waals surface area contributed by atoms with Gasteiger partial charge in [-0.15, -0.1) is 0 Å². The molecule has 0 amide bonds. The molecule has 5 fully saturated rings. The molecule has 1 atom stereocenters. The zero-order valence-corrected chi connectivity index (χ0v) is 21.9. The van der Waals surface area contributed by atoms with E-state index in [0.29, 0.717) is 11.8 Å². The van der Waals surface area contributed by atoms with Crippen molar-refractivity contribution in [3.63, 3.8) is 0 Å². The van der Waals surface area contributed by atoms with Crippen molar-refractivity contribution < 1.29 is 18.9 Å².